The van der Waals surface area contributed by atoms with E-state index in [9.17, 15) is 4.79 Å². The lowest BCUT2D eigenvalue weighted by Gasteiger charge is -2.19. The van der Waals surface area contributed by atoms with E-state index >= 15 is 0 Å². The van der Waals surface area contributed by atoms with Crippen molar-refractivity contribution in [3.63, 3.8) is 0 Å². The predicted molar refractivity (Wildman–Crippen MR) is 99.3 cm³/mol. The maximum atomic E-state index is 12.1. The Kier molecular flexibility index (Phi) is 7.19. The first-order valence-electron chi connectivity index (χ1n) is 9.15. The third-order valence-electron chi connectivity index (χ3n) is 4.35. The summed E-state index contributed by atoms with van der Waals surface area (Å²) < 4.78 is 4.96. The van der Waals surface area contributed by atoms with Gasteiger partial charge in [0.25, 0.3) is 5.91 Å². The standard InChI is InChI=1S/C20H29N3O2/c1-5-6-7-16-8-10-17(11-9-16)20(14(2)3)21-13-19(24)22-18-12-15(4)25-23-18/h8-12,14,20-21H,5-7,13H2,1-4H3,(H,22,23,24)/p+1/t20-/m0/s1. The molecule has 5 nitrogen and oxygen atoms in total. The fourth-order valence-electron chi connectivity index (χ4n) is 2.93. The summed E-state index contributed by atoms with van der Waals surface area (Å²) in [5.74, 6) is 1.52. The van der Waals surface area contributed by atoms with Gasteiger partial charge in [0.1, 0.15) is 11.8 Å². The van der Waals surface area contributed by atoms with Crippen LogP contribution in [0, 0.1) is 12.8 Å². The Morgan fingerprint density at radius 2 is 2.00 bits per heavy atom. The summed E-state index contributed by atoms with van der Waals surface area (Å²) in [5, 5.41) is 8.65. The fourth-order valence-corrected chi connectivity index (χ4v) is 2.93. The zero-order chi connectivity index (χ0) is 18.2. The van der Waals surface area contributed by atoms with Crippen LogP contribution in [0.15, 0.2) is 34.9 Å². The smallest absolute Gasteiger partial charge is 0.280 e. The number of aryl methyl sites for hydroxylation is 2. The van der Waals surface area contributed by atoms with Gasteiger partial charge >= 0.3 is 0 Å². The van der Waals surface area contributed by atoms with E-state index in [1.165, 1.54) is 24.0 Å². The van der Waals surface area contributed by atoms with Crippen molar-refractivity contribution in [1.29, 1.82) is 0 Å². The second kappa shape index (κ2) is 9.37. The molecule has 1 atom stereocenters. The van der Waals surface area contributed by atoms with E-state index in [0.717, 1.165) is 6.42 Å². The number of hydrogen-bond acceptors (Lipinski definition) is 3. The van der Waals surface area contributed by atoms with Crippen LogP contribution in [-0.4, -0.2) is 17.6 Å². The number of carbonyl (C=O) groups excluding carboxylic acids is 1. The first-order chi connectivity index (χ1) is 12.0. The third-order valence-corrected chi connectivity index (χ3v) is 4.35. The van der Waals surface area contributed by atoms with Crippen molar-refractivity contribution >= 4 is 11.7 Å². The molecular formula is C20H30N3O2+. The topological polar surface area (TPSA) is 71.7 Å². The van der Waals surface area contributed by atoms with Crippen LogP contribution >= 0.6 is 0 Å². The number of nitrogens with two attached hydrogens (primary N) is 1. The van der Waals surface area contributed by atoms with Crippen LogP contribution in [0.3, 0.4) is 0 Å². The van der Waals surface area contributed by atoms with Gasteiger partial charge in [-0.15, -0.1) is 0 Å². The molecule has 0 fully saturated rings. The average Bonchev–Trinajstić information content (AvgIpc) is 2.98. The molecule has 0 unspecified atom stereocenters. The number of aromatic nitrogens is 1. The molecule has 2 aromatic rings. The highest BCUT2D eigenvalue weighted by Crippen LogP contribution is 2.19. The molecule has 0 spiro atoms. The molecule has 25 heavy (non-hydrogen) atoms. The fraction of sp³-hybridized carbons (Fsp3) is 0.500. The summed E-state index contributed by atoms with van der Waals surface area (Å²) in [4.78, 5) is 12.1. The Balaban J connectivity index is 1.92. The van der Waals surface area contributed by atoms with Crippen molar-refractivity contribution in [3.8, 4) is 0 Å². The van der Waals surface area contributed by atoms with Gasteiger partial charge in [0.2, 0.25) is 0 Å². The van der Waals surface area contributed by atoms with Gasteiger partial charge in [0.05, 0.1) is 0 Å². The molecule has 0 saturated carbocycles. The zero-order valence-corrected chi connectivity index (χ0v) is 15.7. The van der Waals surface area contributed by atoms with Gasteiger partial charge < -0.3 is 15.2 Å². The molecule has 0 radical (unpaired) electrons. The lowest BCUT2D eigenvalue weighted by atomic mass is 9.94. The molecule has 136 valence electrons. The van der Waals surface area contributed by atoms with Gasteiger partial charge in [0, 0.05) is 17.5 Å². The lowest BCUT2D eigenvalue weighted by molar-refractivity contribution is -0.692. The number of unbranched alkanes of at least 4 members (excludes halogenated alkanes) is 1. The predicted octanol–water partition coefficient (Wildman–Crippen LogP) is 3.22. The van der Waals surface area contributed by atoms with Crippen LogP contribution in [-0.2, 0) is 11.2 Å². The number of hydrogen-bond donors (Lipinski definition) is 2. The van der Waals surface area contributed by atoms with Gasteiger partial charge in [-0.25, -0.2) is 0 Å². The Labute approximate surface area is 150 Å². The van der Waals surface area contributed by atoms with Gasteiger partial charge in [-0.3, -0.25) is 4.79 Å². The van der Waals surface area contributed by atoms with Crippen LogP contribution in [0.25, 0.3) is 0 Å². The van der Waals surface area contributed by atoms with Crippen molar-refractivity contribution in [2.24, 2.45) is 5.92 Å². The van der Waals surface area contributed by atoms with E-state index < -0.39 is 0 Å². The van der Waals surface area contributed by atoms with Crippen molar-refractivity contribution in [2.45, 2.75) is 53.0 Å². The summed E-state index contributed by atoms with van der Waals surface area (Å²) in [5.41, 5.74) is 2.65. The van der Waals surface area contributed by atoms with E-state index in [1.807, 2.05) is 0 Å². The van der Waals surface area contributed by atoms with Gasteiger partial charge in [-0.2, -0.15) is 0 Å². The Morgan fingerprint density at radius 1 is 1.28 bits per heavy atom. The van der Waals surface area contributed by atoms with Crippen molar-refractivity contribution < 1.29 is 14.6 Å². The number of carbonyl (C=O) groups is 1. The molecule has 0 bridgehead atoms. The largest absolute Gasteiger partial charge is 0.360 e. The van der Waals surface area contributed by atoms with Gasteiger partial charge in [-0.1, -0.05) is 56.6 Å². The molecule has 1 aromatic carbocycles. The minimum Gasteiger partial charge on any atom is -0.360 e. The summed E-state index contributed by atoms with van der Waals surface area (Å²) in [6.45, 7) is 8.74. The normalized spacial score (nSPS) is 12.4. The number of nitrogens with one attached hydrogen (secondary N) is 1. The maximum absolute atomic E-state index is 12.1. The summed E-state index contributed by atoms with van der Waals surface area (Å²) in [6, 6.07) is 10.8. The number of amides is 1. The molecule has 1 amide bonds. The minimum atomic E-state index is -0.0708. The number of rotatable bonds is 9. The van der Waals surface area contributed by atoms with Crippen molar-refractivity contribution in [1.82, 2.24) is 5.16 Å². The van der Waals surface area contributed by atoms with Crippen LogP contribution in [0.5, 0.6) is 0 Å². The number of quaternary nitrogens is 1. The minimum absolute atomic E-state index is 0.0708. The van der Waals surface area contributed by atoms with Crippen LogP contribution in [0.4, 0.5) is 5.82 Å². The Morgan fingerprint density at radius 3 is 2.56 bits per heavy atom. The molecule has 0 aliphatic rings. The SMILES string of the molecule is CCCCc1ccc([C@@H]([NH2+]CC(=O)Nc2cc(C)on2)C(C)C)cc1. The second-order valence-electron chi connectivity index (χ2n) is 6.93. The summed E-state index contributed by atoms with van der Waals surface area (Å²) >= 11 is 0. The number of nitrogens with zero attached hydrogens (tertiary/aromatic N) is 1. The monoisotopic (exact) mass is 344 g/mol. The number of benzene rings is 1. The van der Waals surface area contributed by atoms with Crippen LogP contribution < -0.4 is 10.6 Å². The zero-order valence-electron chi connectivity index (χ0n) is 15.7. The van der Waals surface area contributed by atoms with E-state index in [-0.39, 0.29) is 11.9 Å². The van der Waals surface area contributed by atoms with Gasteiger partial charge in [0.15, 0.2) is 12.4 Å². The highest BCUT2D eigenvalue weighted by molar-refractivity contribution is 5.90. The summed E-state index contributed by atoms with van der Waals surface area (Å²) in [6.07, 6.45) is 3.57. The molecule has 2 rings (SSSR count). The number of anilines is 1. The van der Waals surface area contributed by atoms with E-state index in [4.69, 9.17) is 4.52 Å². The first kappa shape index (κ1) is 19.2. The molecule has 0 aliphatic heterocycles. The van der Waals surface area contributed by atoms with Gasteiger partial charge in [-0.05, 0) is 25.3 Å². The second-order valence-corrected chi connectivity index (χ2v) is 6.93. The maximum Gasteiger partial charge on any atom is 0.280 e. The molecule has 1 heterocycles. The molecule has 3 N–H and O–H groups in total. The highest BCUT2D eigenvalue weighted by atomic mass is 16.5. The molecule has 0 aliphatic carbocycles. The lowest BCUT2D eigenvalue weighted by Crippen LogP contribution is -2.88. The Bertz CT molecular complexity index is 662. The third kappa shape index (κ3) is 6.02. The van der Waals surface area contributed by atoms with Crippen molar-refractivity contribution in [2.75, 3.05) is 11.9 Å². The molecular weight excluding hydrogens is 314 g/mol. The van der Waals surface area contributed by atoms with E-state index in [2.05, 4.69) is 60.8 Å². The van der Waals surface area contributed by atoms with E-state index in [0.29, 0.717) is 24.0 Å². The highest BCUT2D eigenvalue weighted by Gasteiger charge is 2.20. The first-order valence-corrected chi connectivity index (χ1v) is 9.15. The van der Waals surface area contributed by atoms with Crippen LogP contribution in [0.2, 0.25) is 0 Å². The van der Waals surface area contributed by atoms with Crippen molar-refractivity contribution in [3.05, 3.63) is 47.2 Å². The average molecular weight is 344 g/mol. The van der Waals surface area contributed by atoms with E-state index in [1.54, 1.807) is 13.0 Å². The molecule has 5 heteroatoms. The molecule has 1 aromatic heterocycles. The summed E-state index contributed by atoms with van der Waals surface area (Å²) in [7, 11) is 0. The van der Waals surface area contributed by atoms with Crippen LogP contribution in [0.1, 0.15) is 56.5 Å². The Hall–Kier alpha value is -2.14. The quantitative estimate of drug-likeness (QED) is 0.733. The molecule has 0 saturated heterocycles.